The summed E-state index contributed by atoms with van der Waals surface area (Å²) >= 11 is 0. The molecule has 1 aromatic heterocycles. The first kappa shape index (κ1) is 28.1. The molecule has 0 atom stereocenters. The van der Waals surface area contributed by atoms with Crippen molar-refractivity contribution < 1.29 is 27.4 Å². The number of hydrogen-bond acceptors (Lipinski definition) is 4. The number of amides is 1. The van der Waals surface area contributed by atoms with Gasteiger partial charge >= 0.3 is 6.18 Å². The molecule has 0 aliphatic carbocycles. The van der Waals surface area contributed by atoms with Gasteiger partial charge in [-0.05, 0) is 36.5 Å². The lowest BCUT2D eigenvalue weighted by atomic mass is 10.1. The minimum absolute atomic E-state index is 0.0121. The first-order valence-corrected chi connectivity index (χ1v) is 12.3. The van der Waals surface area contributed by atoms with E-state index in [1.54, 1.807) is 29.2 Å². The first-order chi connectivity index (χ1) is 17.5. The van der Waals surface area contributed by atoms with Gasteiger partial charge in [-0.2, -0.15) is 13.2 Å². The van der Waals surface area contributed by atoms with Gasteiger partial charge in [0.2, 0.25) is 0 Å². The Kier molecular flexibility index (Phi) is 9.23. The van der Waals surface area contributed by atoms with E-state index in [-0.39, 0.29) is 54.6 Å². The Hall–Kier alpha value is -3.49. The molecular formula is C28H33F3N2O4. The van der Waals surface area contributed by atoms with Gasteiger partial charge in [0.15, 0.2) is 5.75 Å². The molecule has 6 nitrogen and oxygen atoms in total. The van der Waals surface area contributed by atoms with E-state index < -0.39 is 17.3 Å². The highest BCUT2D eigenvalue weighted by Gasteiger charge is 2.34. The molecule has 0 unspecified atom stereocenters. The van der Waals surface area contributed by atoms with Crippen LogP contribution in [-0.2, 0) is 6.18 Å². The number of fused-ring (bicyclic) bond motifs is 1. The van der Waals surface area contributed by atoms with Crippen LogP contribution in [0.2, 0.25) is 0 Å². The Morgan fingerprint density at radius 3 is 2.32 bits per heavy atom. The molecule has 1 amide bonds. The highest BCUT2D eigenvalue weighted by Crippen LogP contribution is 2.36. The van der Waals surface area contributed by atoms with Gasteiger partial charge < -0.3 is 19.4 Å². The van der Waals surface area contributed by atoms with E-state index >= 15 is 0 Å². The van der Waals surface area contributed by atoms with Crippen molar-refractivity contribution in [2.75, 3.05) is 26.3 Å². The van der Waals surface area contributed by atoms with Crippen LogP contribution in [0, 0.1) is 11.8 Å². The van der Waals surface area contributed by atoms with Crippen LogP contribution >= 0.6 is 0 Å². The van der Waals surface area contributed by atoms with Gasteiger partial charge in [-0.1, -0.05) is 58.0 Å². The number of halogens is 3. The predicted molar refractivity (Wildman–Crippen MR) is 137 cm³/mol. The standard InChI is InChI=1S/C28H33F3N2O4/c1-18(2)16-33(14-9-15-36-23-13-8-6-11-21(23)28(29,30)31)27(35)24-20-10-5-7-12-22(20)32-26(34)25(24)37-17-19(3)4/h5-8,10-13,18-19H,9,14-17H2,1-4H3,(H,32,34). The maximum absolute atomic E-state index is 13.9. The molecule has 0 aliphatic heterocycles. The van der Waals surface area contributed by atoms with Crippen molar-refractivity contribution in [3.05, 3.63) is 70.0 Å². The number of para-hydroxylation sites is 2. The zero-order valence-corrected chi connectivity index (χ0v) is 21.5. The second-order valence-corrected chi connectivity index (χ2v) is 9.75. The van der Waals surface area contributed by atoms with E-state index in [1.165, 1.54) is 18.2 Å². The van der Waals surface area contributed by atoms with Crippen molar-refractivity contribution in [3.63, 3.8) is 0 Å². The molecule has 37 heavy (non-hydrogen) atoms. The van der Waals surface area contributed by atoms with Crippen LogP contribution in [0.15, 0.2) is 53.3 Å². The fourth-order valence-electron chi connectivity index (χ4n) is 3.96. The Bertz CT molecular complexity index is 1270. The van der Waals surface area contributed by atoms with Crippen molar-refractivity contribution in [3.8, 4) is 11.5 Å². The molecule has 200 valence electrons. The Morgan fingerprint density at radius 1 is 0.973 bits per heavy atom. The molecule has 2 aromatic carbocycles. The van der Waals surface area contributed by atoms with E-state index in [9.17, 15) is 22.8 Å². The maximum atomic E-state index is 13.9. The number of carbonyl (C=O) groups excluding carboxylic acids is 1. The van der Waals surface area contributed by atoms with Gasteiger partial charge in [0.25, 0.3) is 11.5 Å². The molecule has 1 N–H and O–H groups in total. The first-order valence-electron chi connectivity index (χ1n) is 12.3. The van der Waals surface area contributed by atoms with Gasteiger partial charge in [-0.25, -0.2) is 0 Å². The number of H-pyrrole nitrogens is 1. The van der Waals surface area contributed by atoms with E-state index in [2.05, 4.69) is 4.98 Å². The fourth-order valence-corrected chi connectivity index (χ4v) is 3.96. The number of rotatable bonds is 11. The second-order valence-electron chi connectivity index (χ2n) is 9.75. The zero-order chi connectivity index (χ0) is 27.2. The van der Waals surface area contributed by atoms with Gasteiger partial charge in [-0.15, -0.1) is 0 Å². The van der Waals surface area contributed by atoms with Crippen LogP contribution in [0.3, 0.4) is 0 Å². The lowest BCUT2D eigenvalue weighted by Crippen LogP contribution is -2.37. The van der Waals surface area contributed by atoms with Gasteiger partial charge in [0.1, 0.15) is 5.75 Å². The van der Waals surface area contributed by atoms with Crippen molar-refractivity contribution in [1.82, 2.24) is 9.88 Å². The lowest BCUT2D eigenvalue weighted by molar-refractivity contribution is -0.138. The fraction of sp³-hybridized carbons (Fsp3) is 0.429. The molecular weight excluding hydrogens is 485 g/mol. The number of nitrogens with zero attached hydrogens (tertiary/aromatic N) is 1. The Morgan fingerprint density at radius 2 is 1.65 bits per heavy atom. The van der Waals surface area contributed by atoms with Gasteiger partial charge in [0, 0.05) is 24.0 Å². The van der Waals surface area contributed by atoms with Crippen LogP contribution in [0.1, 0.15) is 50.0 Å². The third kappa shape index (κ3) is 7.27. The largest absolute Gasteiger partial charge is 0.493 e. The highest BCUT2D eigenvalue weighted by molar-refractivity contribution is 6.08. The van der Waals surface area contributed by atoms with E-state index in [0.717, 1.165) is 6.07 Å². The number of aromatic nitrogens is 1. The number of aromatic amines is 1. The summed E-state index contributed by atoms with van der Waals surface area (Å²) in [7, 11) is 0. The van der Waals surface area contributed by atoms with Crippen molar-refractivity contribution in [2.24, 2.45) is 11.8 Å². The average Bonchev–Trinajstić information content (AvgIpc) is 2.83. The summed E-state index contributed by atoms with van der Waals surface area (Å²) in [5.74, 6) is -0.393. The normalized spacial score (nSPS) is 11.8. The van der Waals surface area contributed by atoms with Gasteiger partial charge in [0.05, 0.1) is 24.3 Å². The SMILES string of the molecule is CC(C)COc1c(C(=O)N(CCCOc2ccccc2C(F)(F)F)CC(C)C)c2ccccc2[nH]c1=O. The van der Waals surface area contributed by atoms with E-state index in [1.807, 2.05) is 27.7 Å². The number of ether oxygens (including phenoxy) is 2. The molecule has 0 fully saturated rings. The topological polar surface area (TPSA) is 71.6 Å². The number of pyridine rings is 1. The number of nitrogens with one attached hydrogen (secondary N) is 1. The van der Waals surface area contributed by atoms with Gasteiger partial charge in [-0.3, -0.25) is 9.59 Å². The minimum atomic E-state index is -4.52. The quantitative estimate of drug-likeness (QED) is 0.309. The van der Waals surface area contributed by atoms with Crippen LogP contribution < -0.4 is 15.0 Å². The van der Waals surface area contributed by atoms with Crippen LogP contribution in [0.4, 0.5) is 13.2 Å². The molecule has 0 spiro atoms. The molecule has 0 saturated heterocycles. The summed E-state index contributed by atoms with van der Waals surface area (Å²) in [5.41, 5.74) is -0.625. The van der Waals surface area contributed by atoms with Crippen LogP contribution in [0.5, 0.6) is 11.5 Å². The summed E-state index contributed by atoms with van der Waals surface area (Å²) in [6.07, 6.45) is -4.22. The smallest absolute Gasteiger partial charge is 0.419 e. The number of hydrogen-bond donors (Lipinski definition) is 1. The number of benzene rings is 2. The highest BCUT2D eigenvalue weighted by atomic mass is 19.4. The molecule has 0 bridgehead atoms. The molecule has 1 heterocycles. The Labute approximate surface area is 214 Å². The summed E-state index contributed by atoms with van der Waals surface area (Å²) in [4.78, 5) is 31.1. The maximum Gasteiger partial charge on any atom is 0.419 e. The predicted octanol–water partition coefficient (Wildman–Crippen LogP) is 6.15. The van der Waals surface area contributed by atoms with Crippen LogP contribution in [-0.4, -0.2) is 42.1 Å². The second kappa shape index (κ2) is 12.2. The summed E-state index contributed by atoms with van der Waals surface area (Å²) in [6, 6.07) is 12.1. The summed E-state index contributed by atoms with van der Waals surface area (Å²) < 4.78 is 51.0. The van der Waals surface area contributed by atoms with E-state index in [0.29, 0.717) is 23.9 Å². The average molecular weight is 519 g/mol. The summed E-state index contributed by atoms with van der Waals surface area (Å²) in [6.45, 7) is 8.68. The minimum Gasteiger partial charge on any atom is -0.493 e. The van der Waals surface area contributed by atoms with Crippen molar-refractivity contribution in [2.45, 2.75) is 40.3 Å². The van der Waals surface area contributed by atoms with Crippen molar-refractivity contribution in [1.29, 1.82) is 0 Å². The van der Waals surface area contributed by atoms with Crippen LogP contribution in [0.25, 0.3) is 10.9 Å². The molecule has 0 saturated carbocycles. The molecule has 3 aromatic rings. The van der Waals surface area contributed by atoms with Crippen molar-refractivity contribution >= 4 is 16.8 Å². The summed E-state index contributed by atoms with van der Waals surface area (Å²) in [5, 5.41) is 0.565. The third-order valence-corrected chi connectivity index (χ3v) is 5.55. The molecule has 0 radical (unpaired) electrons. The molecule has 9 heteroatoms. The third-order valence-electron chi connectivity index (χ3n) is 5.55. The molecule has 3 rings (SSSR count). The zero-order valence-electron chi connectivity index (χ0n) is 21.5. The monoisotopic (exact) mass is 518 g/mol. The Balaban J connectivity index is 1.86. The lowest BCUT2D eigenvalue weighted by Gasteiger charge is -2.26. The molecule has 0 aliphatic rings. The number of alkyl halides is 3. The van der Waals surface area contributed by atoms with E-state index in [4.69, 9.17) is 9.47 Å². The number of carbonyl (C=O) groups is 1.